The second-order valence-electron chi connectivity index (χ2n) is 6.95. The van der Waals surface area contributed by atoms with E-state index in [0.29, 0.717) is 18.2 Å². The SMILES string of the molecule is CC(C)COc1ccc(-n2nnc(C(=O)O)c2C(C)(C)C)cc1. The molecule has 1 aromatic carbocycles. The van der Waals surface area contributed by atoms with Crippen LogP contribution in [0.4, 0.5) is 0 Å². The average Bonchev–Trinajstić information content (AvgIpc) is 2.90. The van der Waals surface area contributed by atoms with Crippen LogP contribution in [0.25, 0.3) is 5.69 Å². The minimum atomic E-state index is -1.07. The molecule has 1 heterocycles. The van der Waals surface area contributed by atoms with Crippen molar-refractivity contribution < 1.29 is 14.6 Å². The average molecular weight is 317 g/mol. The van der Waals surface area contributed by atoms with Crippen LogP contribution >= 0.6 is 0 Å². The Morgan fingerprint density at radius 1 is 1.26 bits per heavy atom. The van der Waals surface area contributed by atoms with E-state index in [0.717, 1.165) is 11.4 Å². The maximum Gasteiger partial charge on any atom is 0.358 e. The fourth-order valence-corrected chi connectivity index (χ4v) is 2.23. The van der Waals surface area contributed by atoms with Crippen molar-refractivity contribution in [2.75, 3.05) is 6.61 Å². The molecule has 0 atom stereocenters. The van der Waals surface area contributed by atoms with Crippen molar-refractivity contribution >= 4 is 5.97 Å². The molecular weight excluding hydrogens is 294 g/mol. The highest BCUT2D eigenvalue weighted by molar-refractivity contribution is 5.87. The summed E-state index contributed by atoms with van der Waals surface area (Å²) in [4.78, 5) is 11.4. The summed E-state index contributed by atoms with van der Waals surface area (Å²) in [5.74, 6) is 0.159. The summed E-state index contributed by atoms with van der Waals surface area (Å²) in [5, 5.41) is 17.2. The molecule has 124 valence electrons. The lowest BCUT2D eigenvalue weighted by molar-refractivity contribution is 0.0687. The Bertz CT molecular complexity index is 682. The first-order chi connectivity index (χ1) is 10.7. The Labute approximate surface area is 136 Å². The number of aromatic nitrogens is 3. The molecule has 6 heteroatoms. The zero-order valence-electron chi connectivity index (χ0n) is 14.2. The Morgan fingerprint density at radius 3 is 2.35 bits per heavy atom. The quantitative estimate of drug-likeness (QED) is 0.915. The highest BCUT2D eigenvalue weighted by atomic mass is 16.5. The fraction of sp³-hybridized carbons (Fsp3) is 0.471. The highest BCUT2D eigenvalue weighted by Gasteiger charge is 2.29. The van der Waals surface area contributed by atoms with E-state index in [1.807, 2.05) is 45.0 Å². The van der Waals surface area contributed by atoms with Gasteiger partial charge in [-0.05, 0) is 30.2 Å². The van der Waals surface area contributed by atoms with Gasteiger partial charge >= 0.3 is 5.97 Å². The molecule has 23 heavy (non-hydrogen) atoms. The van der Waals surface area contributed by atoms with Gasteiger partial charge in [0.25, 0.3) is 0 Å². The standard InChI is InChI=1S/C17H23N3O3/c1-11(2)10-23-13-8-6-12(7-9-13)20-15(17(3,4)5)14(16(21)22)18-19-20/h6-9,11H,10H2,1-5H3,(H,21,22). The number of rotatable bonds is 5. The molecule has 0 aliphatic heterocycles. The van der Waals surface area contributed by atoms with E-state index in [9.17, 15) is 9.90 Å². The van der Waals surface area contributed by atoms with Gasteiger partial charge in [0.1, 0.15) is 5.75 Å². The molecule has 0 unspecified atom stereocenters. The van der Waals surface area contributed by atoms with Crippen molar-refractivity contribution in [2.24, 2.45) is 5.92 Å². The highest BCUT2D eigenvalue weighted by Crippen LogP contribution is 2.27. The molecule has 2 aromatic rings. The van der Waals surface area contributed by atoms with Crippen LogP contribution in [-0.2, 0) is 5.41 Å². The normalized spacial score (nSPS) is 11.7. The van der Waals surface area contributed by atoms with Crippen molar-refractivity contribution in [3.05, 3.63) is 35.7 Å². The maximum atomic E-state index is 11.4. The van der Waals surface area contributed by atoms with Crippen LogP contribution in [0.5, 0.6) is 5.75 Å². The van der Waals surface area contributed by atoms with Crippen LogP contribution in [0.1, 0.15) is 50.8 Å². The van der Waals surface area contributed by atoms with Gasteiger partial charge in [-0.3, -0.25) is 0 Å². The molecule has 0 aliphatic rings. The number of ether oxygens (including phenoxy) is 1. The Morgan fingerprint density at radius 2 is 1.87 bits per heavy atom. The molecule has 1 N–H and O–H groups in total. The Hall–Kier alpha value is -2.37. The molecule has 0 aliphatic carbocycles. The van der Waals surface area contributed by atoms with E-state index in [2.05, 4.69) is 24.2 Å². The van der Waals surface area contributed by atoms with E-state index >= 15 is 0 Å². The van der Waals surface area contributed by atoms with Gasteiger partial charge in [-0.1, -0.05) is 39.8 Å². The van der Waals surface area contributed by atoms with Crippen molar-refractivity contribution in [1.29, 1.82) is 0 Å². The lowest BCUT2D eigenvalue weighted by Gasteiger charge is -2.20. The second-order valence-corrected chi connectivity index (χ2v) is 6.95. The largest absolute Gasteiger partial charge is 0.493 e. The van der Waals surface area contributed by atoms with Crippen LogP contribution < -0.4 is 4.74 Å². The molecule has 0 amide bonds. The zero-order chi connectivity index (χ0) is 17.2. The van der Waals surface area contributed by atoms with E-state index in [-0.39, 0.29) is 5.69 Å². The number of benzene rings is 1. The molecule has 0 saturated carbocycles. The van der Waals surface area contributed by atoms with Crippen LogP contribution in [0, 0.1) is 5.92 Å². The van der Waals surface area contributed by atoms with Gasteiger partial charge in [0.15, 0.2) is 5.69 Å². The van der Waals surface area contributed by atoms with Gasteiger partial charge in [0.2, 0.25) is 0 Å². The molecule has 0 radical (unpaired) electrons. The fourth-order valence-electron chi connectivity index (χ4n) is 2.23. The third-order valence-corrected chi connectivity index (χ3v) is 3.25. The van der Waals surface area contributed by atoms with E-state index in [4.69, 9.17) is 4.74 Å². The molecule has 1 aromatic heterocycles. The predicted octanol–water partition coefficient (Wildman–Crippen LogP) is 3.30. The molecule has 6 nitrogen and oxygen atoms in total. The zero-order valence-corrected chi connectivity index (χ0v) is 14.2. The summed E-state index contributed by atoms with van der Waals surface area (Å²) < 4.78 is 7.24. The monoisotopic (exact) mass is 317 g/mol. The van der Waals surface area contributed by atoms with Gasteiger partial charge in [-0.2, -0.15) is 0 Å². The number of nitrogens with zero attached hydrogens (tertiary/aromatic N) is 3. The lowest BCUT2D eigenvalue weighted by atomic mass is 9.90. The van der Waals surface area contributed by atoms with Crippen LogP contribution in [0.2, 0.25) is 0 Å². The maximum absolute atomic E-state index is 11.4. The summed E-state index contributed by atoms with van der Waals surface area (Å²) in [6.07, 6.45) is 0. The number of carboxylic acids is 1. The van der Waals surface area contributed by atoms with Crippen LogP contribution in [-0.4, -0.2) is 32.7 Å². The van der Waals surface area contributed by atoms with Crippen molar-refractivity contribution in [3.8, 4) is 11.4 Å². The first-order valence-electron chi connectivity index (χ1n) is 7.63. The van der Waals surface area contributed by atoms with Crippen LogP contribution in [0.3, 0.4) is 0 Å². The third-order valence-electron chi connectivity index (χ3n) is 3.25. The number of aromatic carboxylic acids is 1. The topological polar surface area (TPSA) is 77.2 Å². The molecule has 0 fully saturated rings. The summed E-state index contributed by atoms with van der Waals surface area (Å²) in [6, 6.07) is 7.41. The van der Waals surface area contributed by atoms with Gasteiger partial charge in [-0.25, -0.2) is 9.48 Å². The van der Waals surface area contributed by atoms with Gasteiger partial charge in [0, 0.05) is 5.41 Å². The number of hydrogen-bond acceptors (Lipinski definition) is 4. The molecule has 0 spiro atoms. The second kappa shape index (κ2) is 6.40. The number of carbonyl (C=O) groups is 1. The predicted molar refractivity (Wildman–Crippen MR) is 87.4 cm³/mol. The number of hydrogen-bond donors (Lipinski definition) is 1. The van der Waals surface area contributed by atoms with E-state index in [1.165, 1.54) is 0 Å². The molecule has 0 saturated heterocycles. The van der Waals surface area contributed by atoms with Crippen molar-refractivity contribution in [3.63, 3.8) is 0 Å². The smallest absolute Gasteiger partial charge is 0.358 e. The van der Waals surface area contributed by atoms with Crippen LogP contribution in [0.15, 0.2) is 24.3 Å². The van der Waals surface area contributed by atoms with E-state index < -0.39 is 11.4 Å². The summed E-state index contributed by atoms with van der Waals surface area (Å²) in [5.41, 5.74) is 0.912. The molecular formula is C17H23N3O3. The summed E-state index contributed by atoms with van der Waals surface area (Å²) >= 11 is 0. The molecule has 0 bridgehead atoms. The minimum absolute atomic E-state index is 0.0161. The van der Waals surface area contributed by atoms with Gasteiger partial charge in [-0.15, -0.1) is 5.10 Å². The lowest BCUT2D eigenvalue weighted by Crippen LogP contribution is -2.21. The minimum Gasteiger partial charge on any atom is -0.493 e. The molecule has 2 rings (SSSR count). The Kier molecular flexibility index (Phi) is 4.73. The van der Waals surface area contributed by atoms with Gasteiger partial charge in [0.05, 0.1) is 18.0 Å². The van der Waals surface area contributed by atoms with E-state index in [1.54, 1.807) is 4.68 Å². The van der Waals surface area contributed by atoms with Crippen molar-refractivity contribution in [1.82, 2.24) is 15.0 Å². The Balaban J connectivity index is 2.37. The number of carboxylic acid groups (broad SMARTS) is 1. The summed E-state index contributed by atoms with van der Waals surface area (Å²) in [6.45, 7) is 10.6. The van der Waals surface area contributed by atoms with Crippen molar-refractivity contribution in [2.45, 2.75) is 40.0 Å². The van der Waals surface area contributed by atoms with Gasteiger partial charge < -0.3 is 9.84 Å². The first-order valence-corrected chi connectivity index (χ1v) is 7.63. The first kappa shape index (κ1) is 17.0. The summed E-state index contributed by atoms with van der Waals surface area (Å²) in [7, 11) is 0. The third kappa shape index (κ3) is 3.88.